The molecule has 1 heterocycles. The SMILES string of the molecule is CN(C(=O)[C@@H](N)CCc1ccc(F)cc1)[C@@H](CCCN)COc1ccc2ccccc2n1. The van der Waals surface area contributed by atoms with Gasteiger partial charge in [0, 0.05) is 18.5 Å². The number of nitrogens with zero attached hydrogens (tertiary/aromatic N) is 2. The smallest absolute Gasteiger partial charge is 0.239 e. The van der Waals surface area contributed by atoms with Gasteiger partial charge in [-0.25, -0.2) is 9.37 Å². The van der Waals surface area contributed by atoms with Crippen molar-refractivity contribution in [3.05, 3.63) is 72.0 Å². The van der Waals surface area contributed by atoms with Gasteiger partial charge in [-0.15, -0.1) is 0 Å². The zero-order valence-electron chi connectivity index (χ0n) is 18.4. The first-order valence-corrected chi connectivity index (χ1v) is 10.9. The van der Waals surface area contributed by atoms with E-state index >= 15 is 0 Å². The van der Waals surface area contributed by atoms with E-state index < -0.39 is 6.04 Å². The molecule has 4 N–H and O–H groups in total. The molecule has 0 unspecified atom stereocenters. The number of hydrogen-bond donors (Lipinski definition) is 2. The molecule has 2 aromatic carbocycles. The Morgan fingerprint density at radius 2 is 1.84 bits per heavy atom. The molecule has 2 atom stereocenters. The van der Waals surface area contributed by atoms with Crippen LogP contribution in [-0.2, 0) is 11.2 Å². The number of rotatable bonds is 11. The number of aryl methyl sites for hydroxylation is 1. The molecule has 0 saturated carbocycles. The maximum Gasteiger partial charge on any atom is 0.239 e. The fraction of sp³-hybridized carbons (Fsp3) is 0.360. The van der Waals surface area contributed by atoms with Crippen LogP contribution in [0, 0.1) is 5.82 Å². The monoisotopic (exact) mass is 438 g/mol. The Bertz CT molecular complexity index is 1010. The minimum absolute atomic E-state index is 0.149. The fourth-order valence-electron chi connectivity index (χ4n) is 3.59. The highest BCUT2D eigenvalue weighted by atomic mass is 19.1. The van der Waals surface area contributed by atoms with Gasteiger partial charge < -0.3 is 21.1 Å². The molecule has 7 heteroatoms. The Kier molecular flexibility index (Phi) is 8.53. The summed E-state index contributed by atoms with van der Waals surface area (Å²) < 4.78 is 19.0. The summed E-state index contributed by atoms with van der Waals surface area (Å²) in [6.07, 6.45) is 2.55. The van der Waals surface area contributed by atoms with Crippen molar-refractivity contribution in [2.75, 3.05) is 20.2 Å². The van der Waals surface area contributed by atoms with Gasteiger partial charge in [0.1, 0.15) is 12.4 Å². The topological polar surface area (TPSA) is 94.5 Å². The summed E-state index contributed by atoms with van der Waals surface area (Å²) in [4.78, 5) is 19.1. The molecular weight excluding hydrogens is 407 g/mol. The van der Waals surface area contributed by atoms with E-state index in [0.717, 1.165) is 22.9 Å². The molecule has 1 aromatic heterocycles. The third-order valence-electron chi connectivity index (χ3n) is 5.61. The molecule has 0 spiro atoms. The Morgan fingerprint density at radius 3 is 2.59 bits per heavy atom. The van der Waals surface area contributed by atoms with E-state index in [1.807, 2.05) is 36.4 Å². The van der Waals surface area contributed by atoms with Crippen LogP contribution in [0.25, 0.3) is 10.9 Å². The summed E-state index contributed by atoms with van der Waals surface area (Å²) >= 11 is 0. The highest BCUT2D eigenvalue weighted by Gasteiger charge is 2.25. The lowest BCUT2D eigenvalue weighted by Crippen LogP contribution is -2.48. The number of aromatic nitrogens is 1. The lowest BCUT2D eigenvalue weighted by molar-refractivity contribution is -0.134. The zero-order chi connectivity index (χ0) is 22.9. The zero-order valence-corrected chi connectivity index (χ0v) is 18.4. The van der Waals surface area contributed by atoms with E-state index in [9.17, 15) is 9.18 Å². The maximum atomic E-state index is 13.1. The largest absolute Gasteiger partial charge is 0.475 e. The van der Waals surface area contributed by atoms with E-state index in [4.69, 9.17) is 16.2 Å². The summed E-state index contributed by atoms with van der Waals surface area (Å²) in [6, 6.07) is 17.1. The van der Waals surface area contributed by atoms with Crippen molar-refractivity contribution in [3.63, 3.8) is 0 Å². The van der Waals surface area contributed by atoms with Gasteiger partial charge >= 0.3 is 0 Å². The van der Waals surface area contributed by atoms with E-state index in [2.05, 4.69) is 4.98 Å². The summed E-state index contributed by atoms with van der Waals surface area (Å²) in [5.74, 6) is 0.0876. The third kappa shape index (κ3) is 6.48. The molecule has 0 aliphatic heterocycles. The van der Waals surface area contributed by atoms with Gasteiger partial charge in [0.05, 0.1) is 17.6 Å². The van der Waals surface area contributed by atoms with E-state index in [-0.39, 0.29) is 17.8 Å². The van der Waals surface area contributed by atoms with Crippen LogP contribution in [0.4, 0.5) is 4.39 Å². The van der Waals surface area contributed by atoms with Crippen molar-refractivity contribution in [2.45, 2.75) is 37.8 Å². The van der Waals surface area contributed by atoms with Crippen LogP contribution in [0.1, 0.15) is 24.8 Å². The molecule has 0 aliphatic rings. The predicted molar refractivity (Wildman–Crippen MR) is 125 cm³/mol. The van der Waals surface area contributed by atoms with Crippen molar-refractivity contribution in [1.29, 1.82) is 0 Å². The van der Waals surface area contributed by atoms with Crippen molar-refractivity contribution in [3.8, 4) is 5.88 Å². The van der Waals surface area contributed by atoms with E-state index in [1.54, 1.807) is 24.1 Å². The van der Waals surface area contributed by atoms with Crippen LogP contribution in [0.5, 0.6) is 5.88 Å². The van der Waals surface area contributed by atoms with Crippen LogP contribution >= 0.6 is 0 Å². The molecule has 0 radical (unpaired) electrons. The number of pyridine rings is 1. The van der Waals surface area contributed by atoms with Crippen LogP contribution in [0.2, 0.25) is 0 Å². The van der Waals surface area contributed by atoms with E-state index in [0.29, 0.717) is 38.3 Å². The first-order valence-electron chi connectivity index (χ1n) is 10.9. The standard InChI is InChI=1S/C25H31FN4O2/c1-30(25(31)22(28)14-10-18-8-12-20(26)13-9-18)21(6-4-16-27)17-32-24-15-11-19-5-2-3-7-23(19)29-24/h2-3,5,7-9,11-13,15,21-22H,4,6,10,14,16-17,27-28H2,1H3/t21-,22-/m0/s1. The Labute approximate surface area is 188 Å². The number of halogens is 1. The lowest BCUT2D eigenvalue weighted by atomic mass is 10.0. The number of ether oxygens (including phenoxy) is 1. The van der Waals surface area contributed by atoms with Gasteiger partial charge in [0.2, 0.25) is 11.8 Å². The maximum absolute atomic E-state index is 13.1. The second kappa shape index (κ2) is 11.5. The molecule has 6 nitrogen and oxygen atoms in total. The summed E-state index contributed by atoms with van der Waals surface area (Å²) in [6.45, 7) is 0.835. The minimum Gasteiger partial charge on any atom is -0.475 e. The number of carbonyl (C=O) groups excluding carboxylic acids is 1. The summed E-state index contributed by atoms with van der Waals surface area (Å²) in [5.41, 5.74) is 13.7. The number of likely N-dealkylation sites (N-methyl/N-ethyl adjacent to an activating group) is 1. The van der Waals surface area contributed by atoms with Gasteiger partial charge in [-0.2, -0.15) is 0 Å². The number of carbonyl (C=O) groups is 1. The van der Waals surface area contributed by atoms with Crippen LogP contribution < -0.4 is 16.2 Å². The average Bonchev–Trinajstić information content (AvgIpc) is 2.82. The number of fused-ring (bicyclic) bond motifs is 1. The number of benzene rings is 2. The molecule has 170 valence electrons. The normalized spacial score (nSPS) is 13.0. The van der Waals surface area contributed by atoms with Gasteiger partial charge in [0.15, 0.2) is 0 Å². The molecule has 0 aliphatic carbocycles. The highest BCUT2D eigenvalue weighted by molar-refractivity contribution is 5.81. The molecule has 3 aromatic rings. The second-order valence-corrected chi connectivity index (χ2v) is 7.96. The molecule has 32 heavy (non-hydrogen) atoms. The Morgan fingerprint density at radius 1 is 1.09 bits per heavy atom. The number of amides is 1. The van der Waals surface area contributed by atoms with Crippen LogP contribution in [0.3, 0.4) is 0 Å². The van der Waals surface area contributed by atoms with E-state index in [1.165, 1.54) is 12.1 Å². The van der Waals surface area contributed by atoms with Gasteiger partial charge in [0.25, 0.3) is 0 Å². The second-order valence-electron chi connectivity index (χ2n) is 7.96. The fourth-order valence-corrected chi connectivity index (χ4v) is 3.59. The lowest BCUT2D eigenvalue weighted by Gasteiger charge is -2.30. The summed E-state index contributed by atoms with van der Waals surface area (Å²) in [7, 11) is 1.75. The molecule has 0 saturated heterocycles. The van der Waals surface area contributed by atoms with Crippen LogP contribution in [0.15, 0.2) is 60.7 Å². The summed E-state index contributed by atoms with van der Waals surface area (Å²) in [5, 5.41) is 1.04. The number of nitrogens with two attached hydrogens (primary N) is 2. The van der Waals surface area contributed by atoms with Crippen LogP contribution in [-0.4, -0.2) is 48.1 Å². The van der Waals surface area contributed by atoms with Crippen molar-refractivity contribution >= 4 is 16.8 Å². The van der Waals surface area contributed by atoms with Crippen molar-refractivity contribution in [2.24, 2.45) is 11.5 Å². The highest BCUT2D eigenvalue weighted by Crippen LogP contribution is 2.18. The van der Waals surface area contributed by atoms with Gasteiger partial charge in [-0.05, 0) is 62.1 Å². The first-order chi connectivity index (χ1) is 15.5. The molecule has 1 amide bonds. The van der Waals surface area contributed by atoms with Gasteiger partial charge in [-0.1, -0.05) is 30.3 Å². The number of para-hydroxylation sites is 1. The Balaban J connectivity index is 1.59. The first kappa shape index (κ1) is 23.6. The molecule has 0 bridgehead atoms. The quantitative estimate of drug-likeness (QED) is 0.479. The van der Waals surface area contributed by atoms with Gasteiger partial charge in [-0.3, -0.25) is 4.79 Å². The number of hydrogen-bond acceptors (Lipinski definition) is 5. The van der Waals surface area contributed by atoms with Crippen molar-refractivity contribution < 1.29 is 13.9 Å². The Hall–Kier alpha value is -3.03. The molecule has 3 rings (SSSR count). The molecule has 0 fully saturated rings. The predicted octanol–water partition coefficient (Wildman–Crippen LogP) is 3.28. The average molecular weight is 439 g/mol. The molecular formula is C25H31FN4O2. The third-order valence-corrected chi connectivity index (χ3v) is 5.61. The van der Waals surface area contributed by atoms with Crippen molar-refractivity contribution in [1.82, 2.24) is 9.88 Å². The minimum atomic E-state index is -0.649.